The smallest absolute Gasteiger partial charge is 0.277 e. The zero-order valence-corrected chi connectivity index (χ0v) is 8.42. The Hall–Kier alpha value is -0.920. The van der Waals surface area contributed by atoms with Gasteiger partial charge in [0.05, 0.1) is 5.56 Å². The van der Waals surface area contributed by atoms with Crippen LogP contribution in [0.1, 0.15) is 10.4 Å². The third-order valence-electron chi connectivity index (χ3n) is 1.11. The summed E-state index contributed by atoms with van der Waals surface area (Å²) in [5, 5.41) is 14.8. The van der Waals surface area contributed by atoms with Crippen LogP contribution in [0.25, 0.3) is 0 Å². The molecule has 0 atom stereocenters. The number of rotatable bonds is 1. The molecule has 1 heterocycles. The molecule has 1 amide bonds. The average molecular weight is 242 g/mol. The molecule has 0 aliphatic carbocycles. The molecule has 0 bridgehead atoms. The third kappa shape index (κ3) is 4.35. The fraction of sp³-hybridized carbons (Fsp3) is 0. The Balaban J connectivity index is 0. The zero-order chi connectivity index (χ0) is 10.3. The van der Waals surface area contributed by atoms with Crippen molar-refractivity contribution in [2.24, 2.45) is 5.90 Å². The molecule has 0 unspecified atom stereocenters. The lowest BCUT2D eigenvalue weighted by Gasteiger charge is -1.98. The van der Waals surface area contributed by atoms with Crippen LogP contribution in [0.2, 0.25) is 5.15 Å². The number of hydroxylamine groups is 1. The number of pyridine rings is 1. The van der Waals surface area contributed by atoms with Gasteiger partial charge in [-0.3, -0.25) is 10.0 Å². The highest BCUT2D eigenvalue weighted by molar-refractivity contribution is 6.32. The number of carbonyl (C=O) groups excluding carboxylic acids is 1. The van der Waals surface area contributed by atoms with E-state index in [0.29, 0.717) is 0 Å². The fourth-order valence-corrected chi connectivity index (χ4v) is 0.821. The highest BCUT2D eigenvalue weighted by atomic mass is 35.5. The van der Waals surface area contributed by atoms with Crippen molar-refractivity contribution >= 4 is 29.9 Å². The lowest BCUT2D eigenvalue weighted by Crippen LogP contribution is -2.19. The lowest BCUT2D eigenvalue weighted by atomic mass is 10.3. The van der Waals surface area contributed by atoms with E-state index in [9.17, 15) is 4.79 Å². The van der Waals surface area contributed by atoms with Gasteiger partial charge >= 0.3 is 0 Å². The summed E-state index contributed by atoms with van der Waals surface area (Å²) in [4.78, 5) is 14.4. The monoisotopic (exact) mass is 241 g/mol. The topological polar surface area (TPSA) is 108 Å². The van der Waals surface area contributed by atoms with Crippen molar-refractivity contribution in [3.63, 3.8) is 0 Å². The minimum Gasteiger partial charge on any atom is -0.320 e. The molecule has 1 aromatic rings. The van der Waals surface area contributed by atoms with E-state index in [1.54, 1.807) is 6.07 Å². The molecule has 6 nitrogen and oxygen atoms in total. The highest BCUT2D eigenvalue weighted by Crippen LogP contribution is 2.10. The molecule has 5 N–H and O–H groups in total. The van der Waals surface area contributed by atoms with Gasteiger partial charge in [-0.25, -0.2) is 16.4 Å². The van der Waals surface area contributed by atoms with Crippen molar-refractivity contribution in [3.05, 3.63) is 29.0 Å². The van der Waals surface area contributed by atoms with Crippen molar-refractivity contribution in [2.75, 3.05) is 0 Å². The predicted octanol–water partition coefficient (Wildman–Crippen LogP) is 0.610. The number of aromatic nitrogens is 1. The molecule has 0 aliphatic heterocycles. The van der Waals surface area contributed by atoms with E-state index in [2.05, 4.69) is 10.9 Å². The van der Waals surface area contributed by atoms with Gasteiger partial charge in [0.25, 0.3) is 5.91 Å². The second-order valence-corrected chi connectivity index (χ2v) is 2.14. The standard InChI is InChI=1S/C6H5ClN2O2.ClH.H3NO/c7-5-4(6(10)9-11)2-1-3-8-5;;1-2/h1-3,11H,(H,9,10);1H;2H,1H2. The Morgan fingerprint density at radius 2 is 2.14 bits per heavy atom. The van der Waals surface area contributed by atoms with Crippen LogP contribution in [-0.2, 0) is 0 Å². The summed E-state index contributed by atoms with van der Waals surface area (Å²) < 4.78 is 0. The molecule has 0 aromatic carbocycles. The van der Waals surface area contributed by atoms with Gasteiger partial charge in [-0.05, 0) is 12.1 Å². The zero-order valence-electron chi connectivity index (χ0n) is 6.85. The summed E-state index contributed by atoms with van der Waals surface area (Å²) in [6.45, 7) is 0. The quantitative estimate of drug-likeness (QED) is 0.327. The van der Waals surface area contributed by atoms with Crippen LogP contribution in [0.3, 0.4) is 0 Å². The molecule has 80 valence electrons. The van der Waals surface area contributed by atoms with Gasteiger partial charge in [-0.15, -0.1) is 12.4 Å². The van der Waals surface area contributed by atoms with Crippen LogP contribution in [0.15, 0.2) is 18.3 Å². The van der Waals surface area contributed by atoms with Gasteiger partial charge in [-0.2, -0.15) is 0 Å². The van der Waals surface area contributed by atoms with E-state index < -0.39 is 5.91 Å². The molecule has 1 aromatic heterocycles. The first-order valence-electron chi connectivity index (χ1n) is 3.06. The van der Waals surface area contributed by atoms with Crippen molar-refractivity contribution < 1.29 is 15.2 Å². The van der Waals surface area contributed by atoms with Gasteiger partial charge in [-0.1, -0.05) is 11.6 Å². The first-order chi connectivity index (χ1) is 6.25. The summed E-state index contributed by atoms with van der Waals surface area (Å²) in [5.74, 6) is 2.84. The van der Waals surface area contributed by atoms with E-state index in [4.69, 9.17) is 22.0 Å². The Labute approximate surface area is 91.0 Å². The summed E-state index contributed by atoms with van der Waals surface area (Å²) in [5.41, 5.74) is 1.61. The number of nitrogens with two attached hydrogens (primary N) is 1. The Morgan fingerprint density at radius 3 is 2.57 bits per heavy atom. The number of nitrogens with zero attached hydrogens (tertiary/aromatic N) is 1. The van der Waals surface area contributed by atoms with E-state index in [1.165, 1.54) is 17.7 Å². The lowest BCUT2D eigenvalue weighted by molar-refractivity contribution is 0.0706. The Morgan fingerprint density at radius 1 is 1.57 bits per heavy atom. The molecule has 0 radical (unpaired) electrons. The maximum atomic E-state index is 10.7. The van der Waals surface area contributed by atoms with E-state index in [-0.39, 0.29) is 23.1 Å². The normalized spacial score (nSPS) is 7.71. The predicted molar refractivity (Wildman–Crippen MR) is 51.7 cm³/mol. The molecule has 8 heteroatoms. The molecule has 0 aliphatic rings. The van der Waals surface area contributed by atoms with Gasteiger partial charge < -0.3 is 5.21 Å². The number of halogens is 2. The van der Waals surface area contributed by atoms with Crippen LogP contribution in [0.4, 0.5) is 0 Å². The fourth-order valence-electron chi connectivity index (χ4n) is 0.616. The van der Waals surface area contributed by atoms with E-state index in [0.717, 1.165) is 0 Å². The molecule has 0 saturated heterocycles. The van der Waals surface area contributed by atoms with Crippen molar-refractivity contribution in [2.45, 2.75) is 0 Å². The molecule has 0 saturated carbocycles. The number of nitrogens with one attached hydrogen (secondary N) is 1. The van der Waals surface area contributed by atoms with Gasteiger partial charge in [0, 0.05) is 6.20 Å². The first kappa shape index (κ1) is 15.5. The van der Waals surface area contributed by atoms with Crippen LogP contribution < -0.4 is 11.4 Å². The number of amides is 1. The van der Waals surface area contributed by atoms with Gasteiger partial charge in [0.2, 0.25) is 0 Å². The second kappa shape index (κ2) is 8.67. The SMILES string of the molecule is Cl.NO.O=C(NO)c1cccnc1Cl. The van der Waals surface area contributed by atoms with Gasteiger partial charge in [0.1, 0.15) is 5.15 Å². The second-order valence-electron chi connectivity index (χ2n) is 1.78. The van der Waals surface area contributed by atoms with Crippen LogP contribution in [0.5, 0.6) is 0 Å². The molecular weight excluding hydrogens is 233 g/mol. The van der Waals surface area contributed by atoms with E-state index in [1.807, 2.05) is 0 Å². The molecule has 1 rings (SSSR count). The van der Waals surface area contributed by atoms with Gasteiger partial charge in [0.15, 0.2) is 0 Å². The molecule has 14 heavy (non-hydrogen) atoms. The van der Waals surface area contributed by atoms with Crippen LogP contribution in [-0.4, -0.2) is 21.3 Å². The summed E-state index contributed by atoms with van der Waals surface area (Å²) in [6.07, 6.45) is 1.45. The molecule has 0 fully saturated rings. The number of carbonyl (C=O) groups is 1. The number of hydrogen-bond acceptors (Lipinski definition) is 5. The van der Waals surface area contributed by atoms with E-state index >= 15 is 0 Å². The maximum absolute atomic E-state index is 10.7. The van der Waals surface area contributed by atoms with Crippen LogP contribution in [0, 0.1) is 0 Å². The number of hydrogen-bond donors (Lipinski definition) is 4. The van der Waals surface area contributed by atoms with Crippen molar-refractivity contribution in [1.29, 1.82) is 0 Å². The average Bonchev–Trinajstić information content (AvgIpc) is 2.20. The minimum absolute atomic E-state index is 0. The van der Waals surface area contributed by atoms with Crippen LogP contribution >= 0.6 is 24.0 Å². The van der Waals surface area contributed by atoms with Crippen molar-refractivity contribution in [3.8, 4) is 0 Å². The summed E-state index contributed by atoms with van der Waals surface area (Å²) in [7, 11) is 0. The third-order valence-corrected chi connectivity index (χ3v) is 1.41. The summed E-state index contributed by atoms with van der Waals surface area (Å²) in [6, 6.07) is 3.01. The van der Waals surface area contributed by atoms with Crippen molar-refractivity contribution in [1.82, 2.24) is 10.5 Å². The molecular formula is C6H9Cl2N3O3. The molecule has 0 spiro atoms. The highest BCUT2D eigenvalue weighted by Gasteiger charge is 2.07. The summed E-state index contributed by atoms with van der Waals surface area (Å²) >= 11 is 5.51. The first-order valence-corrected chi connectivity index (χ1v) is 3.44. The Kier molecular flexibility index (Phi) is 9.63. The largest absolute Gasteiger partial charge is 0.320 e. The minimum atomic E-state index is -0.664. The Bertz CT molecular complexity index is 285. The maximum Gasteiger partial charge on any atom is 0.277 e.